The van der Waals surface area contributed by atoms with Gasteiger partial charge in [-0.05, 0) is 0 Å². The molecule has 0 spiro atoms. The van der Waals surface area contributed by atoms with E-state index in [4.69, 9.17) is 4.98 Å². The first kappa shape index (κ1) is 26.7. The molecule has 2 N–H and O–H groups in total. The van der Waals surface area contributed by atoms with Crippen molar-refractivity contribution in [2.45, 2.75) is 50.7 Å². The number of carbonyl (C=O) groups excluding carboxylic acids is 1. The van der Waals surface area contributed by atoms with Crippen molar-refractivity contribution in [2.24, 2.45) is 0 Å². The van der Waals surface area contributed by atoms with Crippen LogP contribution < -0.4 is 5.32 Å². The van der Waals surface area contributed by atoms with E-state index in [1.165, 1.54) is 12.1 Å². The van der Waals surface area contributed by atoms with Gasteiger partial charge < -0.3 is 0 Å². The van der Waals surface area contributed by atoms with Crippen molar-refractivity contribution in [1.29, 1.82) is 0 Å². The number of aliphatic hydroxyl groups excluding tert-OH is 1. The third-order valence-electron chi connectivity index (χ3n) is 7.14. The van der Waals surface area contributed by atoms with E-state index in [2.05, 4.69) is 12.8 Å². The third kappa shape index (κ3) is 6.58. The molecule has 0 aliphatic heterocycles. The summed E-state index contributed by atoms with van der Waals surface area (Å²) in [5, 5.41) is 14.6. The van der Waals surface area contributed by atoms with Gasteiger partial charge in [-0.2, -0.15) is 0 Å². The minimum atomic E-state index is -0.848. The van der Waals surface area contributed by atoms with Crippen LogP contribution >= 0.6 is 0 Å². The molecule has 4 nitrogen and oxygen atoms in total. The van der Waals surface area contributed by atoms with Gasteiger partial charge in [-0.1, -0.05) is 0 Å². The molecule has 0 unspecified atom stereocenters. The Kier molecular flexibility index (Phi) is 8.13. The fourth-order valence-corrected chi connectivity index (χ4v) is 4.99. The molecule has 4 aromatic rings. The van der Waals surface area contributed by atoms with Gasteiger partial charge in [0.2, 0.25) is 0 Å². The zero-order valence-electron chi connectivity index (χ0n) is 22.1. The number of benzene rings is 3. The Labute approximate surface area is 229 Å². The molecule has 5 rings (SSSR count). The Morgan fingerprint density at radius 2 is 1.74 bits per heavy atom. The first-order valence-corrected chi connectivity index (χ1v) is 13.5. The van der Waals surface area contributed by atoms with Gasteiger partial charge in [-0.15, -0.1) is 0 Å². The second-order valence-electron chi connectivity index (χ2n) is 10.3. The number of halogens is 1. The summed E-state index contributed by atoms with van der Waals surface area (Å²) in [6.45, 7) is 1.93. The Hall–Kier alpha value is -3.90. The van der Waals surface area contributed by atoms with Crippen molar-refractivity contribution < 1.29 is 14.3 Å². The average Bonchev–Trinajstić information content (AvgIpc) is 3.77. The standard InChI is InChI=1S/C33H32BFN2O2/c1-21(22-7-3-2-4-8-22)36-31(39)20-27(38)19-25(34)15-18-29-32(23-13-16-26(35)17-14-23)28-9-5-6-10-30(28)37-33(29)24-11-12-24/h2-10,13-18,21,24,27,34,38H,11-12,19-20H2,1H3,(H,36,39)/b18-15+/t21-,27+/m0/s1. The topological polar surface area (TPSA) is 62.2 Å². The summed E-state index contributed by atoms with van der Waals surface area (Å²) < 4.78 is 13.8. The number of aliphatic hydroxyl groups is 1. The zero-order chi connectivity index (χ0) is 27.4. The predicted octanol–water partition coefficient (Wildman–Crippen LogP) is 6.02. The average molecular weight is 518 g/mol. The Morgan fingerprint density at radius 3 is 2.46 bits per heavy atom. The van der Waals surface area contributed by atoms with Crippen molar-refractivity contribution in [3.05, 3.63) is 108 Å². The van der Waals surface area contributed by atoms with E-state index < -0.39 is 6.10 Å². The number of para-hydroxylation sites is 1. The number of hydrogen-bond donors (Lipinski definition) is 2. The van der Waals surface area contributed by atoms with Crippen LogP contribution in [-0.4, -0.2) is 35.1 Å². The second-order valence-corrected chi connectivity index (χ2v) is 10.3. The van der Waals surface area contributed by atoms with Crippen LogP contribution in [0.25, 0.3) is 28.1 Å². The first-order chi connectivity index (χ1) is 18.9. The normalized spacial score (nSPS) is 14.8. The maximum atomic E-state index is 13.8. The molecule has 0 bridgehead atoms. The quantitative estimate of drug-likeness (QED) is 0.252. The number of amides is 1. The van der Waals surface area contributed by atoms with Crippen LogP contribution in [-0.2, 0) is 4.79 Å². The maximum absolute atomic E-state index is 13.8. The SMILES string of the molecule is B=C(/C=C/c1c(C2CC2)nc2ccccc2c1-c1ccc(F)cc1)C[C@@H](O)CC(=O)N[C@@H](C)c1ccccc1. The van der Waals surface area contributed by atoms with Crippen LogP contribution in [0.4, 0.5) is 4.39 Å². The zero-order valence-corrected chi connectivity index (χ0v) is 22.1. The van der Waals surface area contributed by atoms with Crippen LogP contribution in [0.15, 0.2) is 84.9 Å². The van der Waals surface area contributed by atoms with Gasteiger partial charge in [0.15, 0.2) is 0 Å². The number of pyridine rings is 1. The van der Waals surface area contributed by atoms with Crippen LogP contribution in [0.1, 0.15) is 61.4 Å². The van der Waals surface area contributed by atoms with Crippen LogP contribution in [0.5, 0.6) is 0 Å². The van der Waals surface area contributed by atoms with E-state index in [0.29, 0.717) is 11.4 Å². The number of aromatic nitrogens is 1. The molecule has 1 aliphatic rings. The third-order valence-corrected chi connectivity index (χ3v) is 7.14. The van der Waals surface area contributed by atoms with Gasteiger partial charge in [-0.25, -0.2) is 0 Å². The number of rotatable bonds is 10. The molecular formula is C33H32BFN2O2. The summed E-state index contributed by atoms with van der Waals surface area (Å²) in [6, 6.07) is 24.2. The summed E-state index contributed by atoms with van der Waals surface area (Å²) in [6.07, 6.45) is 5.51. The molecule has 196 valence electrons. The van der Waals surface area contributed by atoms with Crippen molar-refractivity contribution in [3.8, 4) is 11.1 Å². The molecule has 1 aromatic heterocycles. The molecule has 1 fully saturated rings. The molecule has 0 saturated heterocycles. The van der Waals surface area contributed by atoms with E-state index in [1.54, 1.807) is 12.1 Å². The Balaban J connectivity index is 1.35. The van der Waals surface area contributed by atoms with Crippen molar-refractivity contribution >= 4 is 35.8 Å². The second kappa shape index (κ2) is 11.9. The van der Waals surface area contributed by atoms with Gasteiger partial charge in [-0.3, -0.25) is 0 Å². The molecular weight excluding hydrogens is 486 g/mol. The predicted molar refractivity (Wildman–Crippen MR) is 159 cm³/mol. The number of nitrogens with one attached hydrogen (secondary N) is 1. The number of hydrogen-bond acceptors (Lipinski definition) is 3. The number of fused-ring (bicyclic) bond motifs is 1. The summed E-state index contributed by atoms with van der Waals surface area (Å²) in [5.74, 6) is -0.0900. The number of nitrogens with zero attached hydrogens (tertiary/aromatic N) is 1. The van der Waals surface area contributed by atoms with E-state index in [-0.39, 0.29) is 30.6 Å². The number of carbonyl (C=O) groups is 1. The molecule has 1 amide bonds. The van der Waals surface area contributed by atoms with Crippen LogP contribution in [0.3, 0.4) is 0 Å². The summed E-state index contributed by atoms with van der Waals surface area (Å²) in [4.78, 5) is 17.5. The molecule has 1 aliphatic carbocycles. The fraction of sp³-hybridized carbons (Fsp3) is 0.242. The van der Waals surface area contributed by atoms with Gasteiger partial charge >= 0.3 is 230 Å². The Bertz CT molecular complexity index is 1510. The van der Waals surface area contributed by atoms with E-state index in [0.717, 1.165) is 51.7 Å². The Morgan fingerprint density at radius 1 is 1.05 bits per heavy atom. The van der Waals surface area contributed by atoms with Crippen molar-refractivity contribution in [2.75, 3.05) is 0 Å². The molecule has 0 radical (unpaired) electrons. The monoisotopic (exact) mass is 518 g/mol. The summed E-state index contributed by atoms with van der Waals surface area (Å²) in [5.41, 5.74) is 6.61. The van der Waals surface area contributed by atoms with Gasteiger partial charge in [0.05, 0.1) is 0 Å². The van der Waals surface area contributed by atoms with Gasteiger partial charge in [0.1, 0.15) is 0 Å². The molecule has 1 saturated carbocycles. The first-order valence-electron chi connectivity index (χ1n) is 13.5. The van der Waals surface area contributed by atoms with E-state index >= 15 is 0 Å². The van der Waals surface area contributed by atoms with Gasteiger partial charge in [0, 0.05) is 0 Å². The van der Waals surface area contributed by atoms with E-state index in [1.807, 2.05) is 73.7 Å². The van der Waals surface area contributed by atoms with Crippen molar-refractivity contribution in [3.63, 3.8) is 0 Å². The summed E-state index contributed by atoms with van der Waals surface area (Å²) in [7, 11) is 4.14. The van der Waals surface area contributed by atoms with Gasteiger partial charge in [0.25, 0.3) is 0 Å². The molecule has 2 atom stereocenters. The molecule has 3 aromatic carbocycles. The molecule has 1 heterocycles. The molecule has 39 heavy (non-hydrogen) atoms. The van der Waals surface area contributed by atoms with Crippen LogP contribution in [0.2, 0.25) is 0 Å². The number of allylic oxidation sites excluding steroid dienone is 1. The van der Waals surface area contributed by atoms with Crippen molar-refractivity contribution in [1.82, 2.24) is 10.3 Å². The summed E-state index contributed by atoms with van der Waals surface area (Å²) >= 11 is 0. The van der Waals surface area contributed by atoms with E-state index in [9.17, 15) is 14.3 Å². The minimum absolute atomic E-state index is 0.00425. The fourth-order valence-electron chi connectivity index (χ4n) is 4.99. The molecule has 6 heteroatoms. The van der Waals surface area contributed by atoms with Crippen LogP contribution in [0, 0.1) is 5.82 Å².